The third-order valence-corrected chi connectivity index (χ3v) is 2.97. The minimum atomic E-state index is 0.362. The number of nitrogens with two attached hydrogens (primary N) is 1. The highest BCUT2D eigenvalue weighted by molar-refractivity contribution is 5.47. The molecule has 0 atom stereocenters. The predicted molar refractivity (Wildman–Crippen MR) is 80.3 cm³/mol. The predicted octanol–water partition coefficient (Wildman–Crippen LogP) is 2.23. The molecule has 0 aliphatic rings. The maximum Gasteiger partial charge on any atom is 0.158 e. The van der Waals surface area contributed by atoms with Gasteiger partial charge in [-0.15, -0.1) is 0 Å². The first-order chi connectivity index (χ1) is 9.72. The van der Waals surface area contributed by atoms with E-state index < -0.39 is 0 Å². The molecular weight excluding hydrogens is 252 g/mol. The summed E-state index contributed by atoms with van der Waals surface area (Å²) in [6.07, 6.45) is 0. The van der Waals surface area contributed by atoms with Crippen LogP contribution in [0.15, 0.2) is 36.4 Å². The van der Waals surface area contributed by atoms with Crippen LogP contribution in [0.4, 0.5) is 11.6 Å². The van der Waals surface area contributed by atoms with E-state index in [-0.39, 0.29) is 0 Å². The lowest BCUT2D eigenvalue weighted by atomic mass is 10.2. The molecule has 1 heterocycles. The van der Waals surface area contributed by atoms with Gasteiger partial charge in [-0.05, 0) is 12.5 Å². The molecule has 0 radical (unpaired) electrons. The number of nitrogen functional groups attached to an aromatic ring is 1. The minimum absolute atomic E-state index is 0.362. The first kappa shape index (κ1) is 14.3. The number of hydrogen-bond acceptors (Lipinski definition) is 5. The van der Waals surface area contributed by atoms with E-state index in [1.165, 1.54) is 5.56 Å². The van der Waals surface area contributed by atoms with E-state index in [1.54, 1.807) is 13.2 Å². The van der Waals surface area contributed by atoms with Crippen LogP contribution in [-0.4, -0.2) is 23.6 Å². The zero-order valence-corrected chi connectivity index (χ0v) is 11.9. The molecule has 20 heavy (non-hydrogen) atoms. The van der Waals surface area contributed by atoms with E-state index in [2.05, 4.69) is 33.9 Å². The van der Waals surface area contributed by atoms with Crippen LogP contribution in [0, 0.1) is 0 Å². The highest BCUT2D eigenvalue weighted by atomic mass is 16.5. The van der Waals surface area contributed by atoms with E-state index in [1.807, 2.05) is 18.2 Å². The maximum atomic E-state index is 5.84. The average Bonchev–Trinajstić information content (AvgIpc) is 2.45. The second-order valence-electron chi connectivity index (χ2n) is 4.50. The number of methoxy groups -OCH3 is 1. The summed E-state index contributed by atoms with van der Waals surface area (Å²) in [5, 5.41) is 0. The van der Waals surface area contributed by atoms with Crippen molar-refractivity contribution in [1.29, 1.82) is 0 Å². The van der Waals surface area contributed by atoms with Crippen molar-refractivity contribution in [1.82, 2.24) is 9.97 Å². The Balaban J connectivity index is 2.22. The summed E-state index contributed by atoms with van der Waals surface area (Å²) in [5.41, 5.74) is 7.08. The van der Waals surface area contributed by atoms with Gasteiger partial charge in [0.05, 0.1) is 0 Å². The number of nitrogens with zero attached hydrogens (tertiary/aromatic N) is 3. The fourth-order valence-corrected chi connectivity index (χ4v) is 2.02. The molecule has 5 heteroatoms. The molecule has 2 aromatic rings. The van der Waals surface area contributed by atoms with Crippen LogP contribution >= 0.6 is 0 Å². The summed E-state index contributed by atoms with van der Waals surface area (Å²) in [6.45, 7) is 4.09. The topological polar surface area (TPSA) is 64.3 Å². The summed E-state index contributed by atoms with van der Waals surface area (Å²) in [4.78, 5) is 10.8. The van der Waals surface area contributed by atoms with Crippen molar-refractivity contribution in [3.8, 4) is 0 Å². The van der Waals surface area contributed by atoms with Crippen molar-refractivity contribution in [3.05, 3.63) is 47.8 Å². The van der Waals surface area contributed by atoms with E-state index in [0.717, 1.165) is 18.9 Å². The standard InChI is InChI=1S/C15H20N4O/c1-3-19(10-12-7-5-4-6-8-12)15-9-13(16)17-14(18-15)11-20-2/h4-9H,3,10-11H2,1-2H3,(H2,16,17,18). The van der Waals surface area contributed by atoms with Gasteiger partial charge in [0.25, 0.3) is 0 Å². The lowest BCUT2D eigenvalue weighted by Crippen LogP contribution is -2.24. The summed E-state index contributed by atoms with van der Waals surface area (Å²) < 4.78 is 5.07. The molecular formula is C15H20N4O. The molecule has 0 aliphatic heterocycles. The van der Waals surface area contributed by atoms with Crippen molar-refractivity contribution in [2.24, 2.45) is 0 Å². The fourth-order valence-electron chi connectivity index (χ4n) is 2.02. The zero-order valence-electron chi connectivity index (χ0n) is 11.9. The van der Waals surface area contributed by atoms with E-state index in [0.29, 0.717) is 18.2 Å². The molecule has 0 amide bonds. The van der Waals surface area contributed by atoms with Gasteiger partial charge in [0.2, 0.25) is 0 Å². The Bertz CT molecular complexity index is 545. The normalized spacial score (nSPS) is 10.5. The van der Waals surface area contributed by atoms with Crippen LogP contribution in [0.2, 0.25) is 0 Å². The molecule has 2 N–H and O–H groups in total. The first-order valence-electron chi connectivity index (χ1n) is 6.64. The number of rotatable bonds is 6. The molecule has 1 aromatic heterocycles. The van der Waals surface area contributed by atoms with Gasteiger partial charge in [-0.2, -0.15) is 0 Å². The summed E-state index contributed by atoms with van der Waals surface area (Å²) in [7, 11) is 1.62. The lowest BCUT2D eigenvalue weighted by molar-refractivity contribution is 0.178. The molecule has 2 rings (SSSR count). The Morgan fingerprint density at radius 1 is 1.20 bits per heavy atom. The van der Waals surface area contributed by atoms with Gasteiger partial charge in [-0.25, -0.2) is 9.97 Å². The molecule has 0 unspecified atom stereocenters. The van der Waals surface area contributed by atoms with Crippen LogP contribution in [0.25, 0.3) is 0 Å². The monoisotopic (exact) mass is 272 g/mol. The average molecular weight is 272 g/mol. The largest absolute Gasteiger partial charge is 0.384 e. The smallest absolute Gasteiger partial charge is 0.158 e. The van der Waals surface area contributed by atoms with Crippen molar-refractivity contribution < 1.29 is 4.74 Å². The SMILES string of the molecule is CCN(Cc1ccccc1)c1cc(N)nc(COC)n1. The van der Waals surface area contributed by atoms with E-state index >= 15 is 0 Å². The van der Waals surface area contributed by atoms with Crippen molar-refractivity contribution in [3.63, 3.8) is 0 Å². The second-order valence-corrected chi connectivity index (χ2v) is 4.50. The molecule has 106 valence electrons. The molecule has 0 saturated carbocycles. The number of aromatic nitrogens is 2. The third-order valence-electron chi connectivity index (χ3n) is 2.97. The first-order valence-corrected chi connectivity index (χ1v) is 6.64. The maximum absolute atomic E-state index is 5.84. The van der Waals surface area contributed by atoms with E-state index in [9.17, 15) is 0 Å². The van der Waals surface area contributed by atoms with Gasteiger partial charge in [0, 0.05) is 26.3 Å². The van der Waals surface area contributed by atoms with Crippen molar-refractivity contribution >= 4 is 11.6 Å². The van der Waals surface area contributed by atoms with Crippen molar-refractivity contribution in [2.75, 3.05) is 24.3 Å². The molecule has 0 aliphatic carbocycles. The van der Waals surface area contributed by atoms with Crippen LogP contribution in [0.3, 0.4) is 0 Å². The molecule has 0 fully saturated rings. The highest BCUT2D eigenvalue weighted by Crippen LogP contribution is 2.17. The lowest BCUT2D eigenvalue weighted by Gasteiger charge is -2.22. The fraction of sp³-hybridized carbons (Fsp3) is 0.333. The third kappa shape index (κ3) is 3.68. The van der Waals surface area contributed by atoms with Gasteiger partial charge < -0.3 is 15.4 Å². The van der Waals surface area contributed by atoms with Crippen molar-refractivity contribution in [2.45, 2.75) is 20.1 Å². The van der Waals surface area contributed by atoms with Gasteiger partial charge in [0.15, 0.2) is 5.82 Å². The molecule has 0 saturated heterocycles. The van der Waals surface area contributed by atoms with Crippen LogP contribution in [0.5, 0.6) is 0 Å². The molecule has 0 spiro atoms. The van der Waals surface area contributed by atoms with Crippen LogP contribution < -0.4 is 10.6 Å². The Hall–Kier alpha value is -2.14. The van der Waals surface area contributed by atoms with Gasteiger partial charge >= 0.3 is 0 Å². The van der Waals surface area contributed by atoms with Gasteiger partial charge in [0.1, 0.15) is 18.2 Å². The van der Waals surface area contributed by atoms with E-state index in [4.69, 9.17) is 10.5 Å². The minimum Gasteiger partial charge on any atom is -0.384 e. The Kier molecular flexibility index (Phi) is 4.90. The molecule has 5 nitrogen and oxygen atoms in total. The number of hydrogen-bond donors (Lipinski definition) is 1. The zero-order chi connectivity index (χ0) is 14.4. The second kappa shape index (κ2) is 6.86. The van der Waals surface area contributed by atoms with Gasteiger partial charge in [-0.3, -0.25) is 0 Å². The summed E-state index contributed by atoms with van der Waals surface area (Å²) in [6, 6.07) is 12.1. The number of ether oxygens (including phenoxy) is 1. The Morgan fingerprint density at radius 3 is 2.60 bits per heavy atom. The summed E-state index contributed by atoms with van der Waals surface area (Å²) >= 11 is 0. The van der Waals surface area contributed by atoms with Gasteiger partial charge in [-0.1, -0.05) is 30.3 Å². The summed E-state index contributed by atoms with van der Waals surface area (Å²) in [5.74, 6) is 1.90. The molecule has 1 aromatic carbocycles. The Morgan fingerprint density at radius 2 is 1.95 bits per heavy atom. The van der Waals surface area contributed by atoms with Crippen LogP contribution in [0.1, 0.15) is 18.3 Å². The Labute approximate surface area is 119 Å². The quantitative estimate of drug-likeness (QED) is 0.873. The number of anilines is 2. The highest BCUT2D eigenvalue weighted by Gasteiger charge is 2.10. The van der Waals surface area contributed by atoms with Crippen LogP contribution in [-0.2, 0) is 17.9 Å². The molecule has 0 bridgehead atoms. The number of benzene rings is 1.